The third-order valence-corrected chi connectivity index (χ3v) is 4.83. The van der Waals surface area contributed by atoms with Gasteiger partial charge >= 0.3 is 0 Å². The Labute approximate surface area is 126 Å². The summed E-state index contributed by atoms with van der Waals surface area (Å²) in [5, 5.41) is 6.50. The molecule has 0 unspecified atom stereocenters. The molecular weight excluding hydrogens is 288 g/mol. The third-order valence-electron chi connectivity index (χ3n) is 3.90. The summed E-state index contributed by atoms with van der Waals surface area (Å²) in [5.41, 5.74) is 2.52. The molecule has 1 aliphatic rings. The van der Waals surface area contributed by atoms with E-state index in [9.17, 15) is 9.59 Å². The van der Waals surface area contributed by atoms with Gasteiger partial charge in [0.05, 0.1) is 17.1 Å². The second-order valence-electron chi connectivity index (χ2n) is 5.33. The first kappa shape index (κ1) is 14.1. The van der Waals surface area contributed by atoms with Gasteiger partial charge in [-0.05, 0) is 20.3 Å². The molecule has 1 aliphatic heterocycles. The predicted molar refractivity (Wildman–Crippen MR) is 80.7 cm³/mol. The SMILES string of the molecule is Cc1nc(CC(=O)N2CCc3[nH][nH]c(=O)c3CC2)c(C)s1. The summed E-state index contributed by atoms with van der Waals surface area (Å²) < 4.78 is 0. The van der Waals surface area contributed by atoms with Gasteiger partial charge in [0.1, 0.15) is 0 Å². The molecule has 6 nitrogen and oxygen atoms in total. The lowest BCUT2D eigenvalue weighted by atomic mass is 10.1. The summed E-state index contributed by atoms with van der Waals surface area (Å²) >= 11 is 1.62. The Morgan fingerprint density at radius 1 is 1.29 bits per heavy atom. The van der Waals surface area contributed by atoms with Gasteiger partial charge in [-0.15, -0.1) is 11.3 Å². The van der Waals surface area contributed by atoms with Crippen LogP contribution in [0, 0.1) is 13.8 Å². The Hall–Kier alpha value is -1.89. The van der Waals surface area contributed by atoms with Gasteiger partial charge in [-0.25, -0.2) is 4.98 Å². The number of carbonyl (C=O) groups excluding carboxylic acids is 1. The van der Waals surface area contributed by atoms with E-state index in [1.165, 1.54) is 0 Å². The zero-order valence-electron chi connectivity index (χ0n) is 12.2. The number of hydrogen-bond acceptors (Lipinski definition) is 4. The van der Waals surface area contributed by atoms with Crippen LogP contribution in [0.25, 0.3) is 0 Å². The van der Waals surface area contributed by atoms with Crippen molar-refractivity contribution in [3.8, 4) is 0 Å². The molecule has 0 fully saturated rings. The average Bonchev–Trinajstić information content (AvgIpc) is 2.85. The van der Waals surface area contributed by atoms with Gasteiger partial charge in [-0.1, -0.05) is 0 Å². The van der Waals surface area contributed by atoms with Crippen molar-refractivity contribution in [2.45, 2.75) is 33.1 Å². The first-order valence-corrected chi connectivity index (χ1v) is 7.85. The number of fused-ring (bicyclic) bond motifs is 1. The van der Waals surface area contributed by atoms with E-state index in [4.69, 9.17) is 0 Å². The first-order chi connectivity index (χ1) is 10.0. The number of hydrogen-bond donors (Lipinski definition) is 2. The number of nitrogens with one attached hydrogen (secondary N) is 2. The van der Waals surface area contributed by atoms with Crippen molar-refractivity contribution >= 4 is 17.2 Å². The van der Waals surface area contributed by atoms with Crippen LogP contribution in [0.2, 0.25) is 0 Å². The molecule has 2 aromatic rings. The Morgan fingerprint density at radius 2 is 2.05 bits per heavy atom. The number of amides is 1. The molecule has 2 aromatic heterocycles. The van der Waals surface area contributed by atoms with E-state index in [1.807, 2.05) is 18.7 Å². The maximum absolute atomic E-state index is 12.4. The molecule has 2 N–H and O–H groups in total. The molecule has 21 heavy (non-hydrogen) atoms. The van der Waals surface area contributed by atoms with Crippen LogP contribution in [0.15, 0.2) is 4.79 Å². The zero-order valence-corrected chi connectivity index (χ0v) is 13.0. The van der Waals surface area contributed by atoms with E-state index in [1.54, 1.807) is 11.3 Å². The molecule has 0 aromatic carbocycles. The van der Waals surface area contributed by atoms with E-state index in [2.05, 4.69) is 15.2 Å². The van der Waals surface area contributed by atoms with E-state index in [0.717, 1.165) is 26.8 Å². The van der Waals surface area contributed by atoms with Gasteiger partial charge in [0.2, 0.25) is 5.91 Å². The molecular formula is C14H18N4O2S. The smallest absolute Gasteiger partial charge is 0.267 e. The van der Waals surface area contributed by atoms with Crippen molar-refractivity contribution in [3.05, 3.63) is 37.2 Å². The number of nitrogens with zero attached hydrogens (tertiary/aromatic N) is 2. The molecule has 0 spiro atoms. The minimum absolute atomic E-state index is 0.0646. The van der Waals surface area contributed by atoms with Crippen molar-refractivity contribution in [3.63, 3.8) is 0 Å². The zero-order chi connectivity index (χ0) is 15.0. The monoisotopic (exact) mass is 306 g/mol. The Morgan fingerprint density at radius 3 is 2.76 bits per heavy atom. The second kappa shape index (κ2) is 5.48. The number of rotatable bonds is 2. The fraction of sp³-hybridized carbons (Fsp3) is 0.500. The molecule has 0 saturated carbocycles. The summed E-state index contributed by atoms with van der Waals surface area (Å²) in [4.78, 5) is 31.4. The highest BCUT2D eigenvalue weighted by molar-refractivity contribution is 7.11. The lowest BCUT2D eigenvalue weighted by molar-refractivity contribution is -0.130. The number of aromatic nitrogens is 3. The fourth-order valence-corrected chi connectivity index (χ4v) is 3.58. The molecule has 112 valence electrons. The van der Waals surface area contributed by atoms with E-state index in [-0.39, 0.29) is 11.5 Å². The molecule has 3 rings (SSSR count). The fourth-order valence-electron chi connectivity index (χ4n) is 2.74. The van der Waals surface area contributed by atoms with E-state index >= 15 is 0 Å². The molecule has 0 saturated heterocycles. The molecule has 3 heterocycles. The van der Waals surface area contributed by atoms with Crippen LogP contribution in [0.5, 0.6) is 0 Å². The summed E-state index contributed by atoms with van der Waals surface area (Å²) in [5.74, 6) is 0.0879. The molecule has 0 aliphatic carbocycles. The number of carbonyl (C=O) groups is 1. The van der Waals surface area contributed by atoms with E-state index in [0.29, 0.717) is 32.4 Å². The molecule has 1 amide bonds. The number of thiazole rings is 1. The van der Waals surface area contributed by atoms with Gasteiger partial charge in [0, 0.05) is 35.6 Å². The van der Waals surface area contributed by atoms with Crippen LogP contribution in [0.3, 0.4) is 0 Å². The summed E-state index contributed by atoms with van der Waals surface area (Å²) in [6, 6.07) is 0. The van der Waals surface area contributed by atoms with Gasteiger partial charge < -0.3 is 10.00 Å². The highest BCUT2D eigenvalue weighted by atomic mass is 32.1. The van der Waals surface area contributed by atoms with Gasteiger partial charge in [-0.3, -0.25) is 14.7 Å². The van der Waals surface area contributed by atoms with Gasteiger partial charge in [0.25, 0.3) is 5.56 Å². The standard InChI is InChI=1S/C14H18N4O2S/c1-8-12(15-9(2)21-8)7-13(19)18-5-3-10-11(4-6-18)16-17-14(10)20/h3-7H2,1-2H3,(H2,16,17,20). The maximum atomic E-state index is 12.4. The van der Waals surface area contributed by atoms with E-state index < -0.39 is 0 Å². The topological polar surface area (TPSA) is 81.8 Å². The minimum atomic E-state index is -0.0646. The number of aryl methyl sites for hydroxylation is 2. The number of H-pyrrole nitrogens is 2. The first-order valence-electron chi connectivity index (χ1n) is 7.03. The number of aromatic amines is 2. The minimum Gasteiger partial charge on any atom is -0.342 e. The highest BCUT2D eigenvalue weighted by Gasteiger charge is 2.22. The third kappa shape index (κ3) is 2.78. The lowest BCUT2D eigenvalue weighted by Crippen LogP contribution is -2.35. The second-order valence-corrected chi connectivity index (χ2v) is 6.74. The molecule has 0 radical (unpaired) electrons. The summed E-state index contributed by atoms with van der Waals surface area (Å²) in [6.07, 6.45) is 1.64. The van der Waals surface area contributed by atoms with Gasteiger partial charge in [0.15, 0.2) is 0 Å². The van der Waals surface area contributed by atoms with Crippen LogP contribution in [-0.4, -0.2) is 39.1 Å². The normalized spacial score (nSPS) is 14.9. The van der Waals surface area contributed by atoms with Gasteiger partial charge in [-0.2, -0.15) is 0 Å². The van der Waals surface area contributed by atoms with Crippen molar-refractivity contribution in [1.29, 1.82) is 0 Å². The van der Waals surface area contributed by atoms with Crippen molar-refractivity contribution in [2.75, 3.05) is 13.1 Å². The molecule has 0 bridgehead atoms. The van der Waals surface area contributed by atoms with Crippen LogP contribution in [-0.2, 0) is 24.1 Å². The van der Waals surface area contributed by atoms with Crippen molar-refractivity contribution < 1.29 is 4.79 Å². The Kier molecular flexibility index (Phi) is 3.67. The maximum Gasteiger partial charge on any atom is 0.267 e. The lowest BCUT2D eigenvalue weighted by Gasteiger charge is -2.19. The predicted octanol–water partition coefficient (Wildman–Crippen LogP) is 0.946. The summed E-state index contributed by atoms with van der Waals surface area (Å²) in [7, 11) is 0. The van der Waals surface area contributed by atoms with Crippen LogP contribution in [0.4, 0.5) is 0 Å². The largest absolute Gasteiger partial charge is 0.342 e. The van der Waals surface area contributed by atoms with Crippen LogP contribution < -0.4 is 5.56 Å². The van der Waals surface area contributed by atoms with Crippen LogP contribution >= 0.6 is 11.3 Å². The van der Waals surface area contributed by atoms with Crippen molar-refractivity contribution in [2.24, 2.45) is 0 Å². The summed E-state index contributed by atoms with van der Waals surface area (Å²) in [6.45, 7) is 5.19. The molecule has 7 heteroatoms. The Bertz CT molecular complexity index is 728. The molecule has 0 atom stereocenters. The van der Waals surface area contributed by atoms with Crippen LogP contribution in [0.1, 0.15) is 26.8 Å². The van der Waals surface area contributed by atoms with Crippen molar-refractivity contribution in [1.82, 2.24) is 20.1 Å². The quantitative estimate of drug-likeness (QED) is 0.866. The Balaban J connectivity index is 1.69. The highest BCUT2D eigenvalue weighted by Crippen LogP contribution is 2.18. The average molecular weight is 306 g/mol.